The predicted octanol–water partition coefficient (Wildman–Crippen LogP) is 3.60. The van der Waals surface area contributed by atoms with Crippen molar-refractivity contribution in [3.8, 4) is 28.4 Å². The molecular formula is C16H18O3. The molecule has 0 radical (unpaired) electrons. The molecule has 3 N–H and O–H groups in total. The average molecular weight is 258 g/mol. The van der Waals surface area contributed by atoms with E-state index in [0.29, 0.717) is 24.0 Å². The summed E-state index contributed by atoms with van der Waals surface area (Å²) in [6.45, 7) is 3.85. The zero-order valence-corrected chi connectivity index (χ0v) is 11.1. The first-order chi connectivity index (χ1) is 9.08. The number of phenols is 3. The lowest BCUT2D eigenvalue weighted by molar-refractivity contribution is 0.396. The zero-order chi connectivity index (χ0) is 14.0. The summed E-state index contributed by atoms with van der Waals surface area (Å²) >= 11 is 0. The Morgan fingerprint density at radius 3 is 2.21 bits per heavy atom. The van der Waals surface area contributed by atoms with Crippen LogP contribution in [0.2, 0.25) is 0 Å². The fourth-order valence-electron chi connectivity index (χ4n) is 2.31. The zero-order valence-electron chi connectivity index (χ0n) is 11.1. The molecule has 0 saturated carbocycles. The first kappa shape index (κ1) is 13.3. The molecule has 0 saturated heterocycles. The largest absolute Gasteiger partial charge is 0.508 e. The minimum absolute atomic E-state index is 0.0387. The third kappa shape index (κ3) is 2.36. The molecule has 0 aliphatic heterocycles. The molecule has 0 aliphatic rings. The lowest BCUT2D eigenvalue weighted by Gasteiger charge is -2.15. The van der Waals surface area contributed by atoms with Gasteiger partial charge in [-0.3, -0.25) is 0 Å². The molecule has 0 bridgehead atoms. The summed E-state index contributed by atoms with van der Waals surface area (Å²) in [5.41, 5.74) is 3.08. The van der Waals surface area contributed by atoms with Crippen LogP contribution in [-0.4, -0.2) is 15.3 Å². The molecule has 0 atom stereocenters. The summed E-state index contributed by atoms with van der Waals surface area (Å²) in [7, 11) is 0. The monoisotopic (exact) mass is 258 g/mol. The maximum atomic E-state index is 10.1. The highest BCUT2D eigenvalue weighted by Crippen LogP contribution is 2.40. The molecule has 0 amide bonds. The van der Waals surface area contributed by atoms with Crippen LogP contribution in [0.5, 0.6) is 17.2 Å². The standard InChI is InChI=1S/C16H18O3/c1-3-10-9-14(11-6-5-7-12(17)8-11)13(4-2)16(19)15(10)18/h5-9,17-19H,3-4H2,1-2H3. The molecule has 3 nitrogen and oxygen atoms in total. The Bertz CT molecular complexity index is 603. The van der Waals surface area contributed by atoms with Gasteiger partial charge in [-0.05, 0) is 47.7 Å². The van der Waals surface area contributed by atoms with Crippen LogP contribution in [0.1, 0.15) is 25.0 Å². The van der Waals surface area contributed by atoms with E-state index < -0.39 is 0 Å². The second-order valence-electron chi connectivity index (χ2n) is 4.52. The van der Waals surface area contributed by atoms with E-state index in [1.165, 1.54) is 0 Å². The van der Waals surface area contributed by atoms with Crippen LogP contribution in [0, 0.1) is 0 Å². The fourth-order valence-corrected chi connectivity index (χ4v) is 2.31. The normalized spacial score (nSPS) is 10.6. The van der Waals surface area contributed by atoms with Crippen LogP contribution in [0.3, 0.4) is 0 Å². The molecule has 0 spiro atoms. The molecule has 0 fully saturated rings. The molecule has 0 aromatic heterocycles. The Kier molecular flexibility index (Phi) is 3.65. The van der Waals surface area contributed by atoms with Gasteiger partial charge in [0.05, 0.1) is 0 Å². The van der Waals surface area contributed by atoms with Crippen molar-refractivity contribution in [2.75, 3.05) is 0 Å². The number of rotatable bonds is 3. The van der Waals surface area contributed by atoms with E-state index in [-0.39, 0.29) is 17.2 Å². The third-order valence-corrected chi connectivity index (χ3v) is 3.35. The molecule has 0 unspecified atom stereocenters. The van der Waals surface area contributed by atoms with Crippen molar-refractivity contribution < 1.29 is 15.3 Å². The van der Waals surface area contributed by atoms with E-state index in [9.17, 15) is 15.3 Å². The summed E-state index contributed by atoms with van der Waals surface area (Å²) in [6, 6.07) is 8.78. The topological polar surface area (TPSA) is 60.7 Å². The summed E-state index contributed by atoms with van der Waals surface area (Å²) in [5.74, 6) is 0.0913. The number of benzene rings is 2. The number of aryl methyl sites for hydroxylation is 1. The van der Waals surface area contributed by atoms with Gasteiger partial charge in [-0.25, -0.2) is 0 Å². The Morgan fingerprint density at radius 1 is 0.895 bits per heavy atom. The van der Waals surface area contributed by atoms with Gasteiger partial charge in [-0.15, -0.1) is 0 Å². The molecule has 2 aromatic carbocycles. The Hall–Kier alpha value is -2.16. The quantitative estimate of drug-likeness (QED) is 0.737. The Balaban J connectivity index is 2.71. The molecule has 0 aliphatic carbocycles. The van der Waals surface area contributed by atoms with E-state index in [0.717, 1.165) is 11.1 Å². The number of hydrogen-bond donors (Lipinski definition) is 3. The van der Waals surface area contributed by atoms with Crippen molar-refractivity contribution in [3.05, 3.63) is 41.5 Å². The number of phenolic OH excluding ortho intramolecular Hbond substituents is 3. The van der Waals surface area contributed by atoms with Gasteiger partial charge in [0, 0.05) is 5.56 Å². The van der Waals surface area contributed by atoms with Gasteiger partial charge in [0.25, 0.3) is 0 Å². The van der Waals surface area contributed by atoms with Crippen molar-refractivity contribution in [3.63, 3.8) is 0 Å². The minimum Gasteiger partial charge on any atom is -0.508 e. The van der Waals surface area contributed by atoms with E-state index in [4.69, 9.17) is 0 Å². The lowest BCUT2D eigenvalue weighted by atomic mass is 9.93. The Labute approximate surface area is 112 Å². The van der Waals surface area contributed by atoms with Gasteiger partial charge in [-0.2, -0.15) is 0 Å². The van der Waals surface area contributed by atoms with Crippen LogP contribution in [-0.2, 0) is 12.8 Å². The first-order valence-corrected chi connectivity index (χ1v) is 6.44. The summed E-state index contributed by atoms with van der Waals surface area (Å²) in [5, 5.41) is 29.6. The minimum atomic E-state index is -0.0554. The average Bonchev–Trinajstić information content (AvgIpc) is 2.41. The second-order valence-corrected chi connectivity index (χ2v) is 4.52. The maximum Gasteiger partial charge on any atom is 0.161 e. The van der Waals surface area contributed by atoms with Crippen molar-refractivity contribution in [1.82, 2.24) is 0 Å². The van der Waals surface area contributed by atoms with Gasteiger partial charge in [0.1, 0.15) is 5.75 Å². The maximum absolute atomic E-state index is 10.1. The van der Waals surface area contributed by atoms with Crippen LogP contribution in [0.4, 0.5) is 0 Å². The fraction of sp³-hybridized carbons (Fsp3) is 0.250. The van der Waals surface area contributed by atoms with Crippen LogP contribution in [0.15, 0.2) is 30.3 Å². The summed E-state index contributed by atoms with van der Waals surface area (Å²) in [4.78, 5) is 0. The highest BCUT2D eigenvalue weighted by Gasteiger charge is 2.16. The highest BCUT2D eigenvalue weighted by molar-refractivity contribution is 5.74. The van der Waals surface area contributed by atoms with Crippen molar-refractivity contribution in [2.24, 2.45) is 0 Å². The van der Waals surface area contributed by atoms with Crippen LogP contribution >= 0.6 is 0 Å². The third-order valence-electron chi connectivity index (χ3n) is 3.35. The predicted molar refractivity (Wildman–Crippen MR) is 75.6 cm³/mol. The van der Waals surface area contributed by atoms with Gasteiger partial charge in [-0.1, -0.05) is 26.0 Å². The molecule has 2 aromatic rings. The van der Waals surface area contributed by atoms with Crippen LogP contribution in [0.25, 0.3) is 11.1 Å². The molecule has 3 heteroatoms. The lowest BCUT2D eigenvalue weighted by Crippen LogP contribution is -1.93. The molecular weight excluding hydrogens is 240 g/mol. The van der Waals surface area contributed by atoms with E-state index >= 15 is 0 Å². The van der Waals surface area contributed by atoms with Gasteiger partial charge in [0.2, 0.25) is 0 Å². The van der Waals surface area contributed by atoms with E-state index in [1.807, 2.05) is 26.0 Å². The first-order valence-electron chi connectivity index (χ1n) is 6.44. The number of aromatic hydroxyl groups is 3. The molecule has 0 heterocycles. The smallest absolute Gasteiger partial charge is 0.161 e. The summed E-state index contributed by atoms with van der Waals surface area (Å²) in [6.07, 6.45) is 1.24. The molecule has 100 valence electrons. The summed E-state index contributed by atoms with van der Waals surface area (Å²) < 4.78 is 0. The van der Waals surface area contributed by atoms with E-state index in [1.54, 1.807) is 18.2 Å². The van der Waals surface area contributed by atoms with Gasteiger partial charge < -0.3 is 15.3 Å². The van der Waals surface area contributed by atoms with Crippen molar-refractivity contribution >= 4 is 0 Å². The molecule has 19 heavy (non-hydrogen) atoms. The van der Waals surface area contributed by atoms with Crippen molar-refractivity contribution in [1.29, 1.82) is 0 Å². The van der Waals surface area contributed by atoms with Crippen molar-refractivity contribution in [2.45, 2.75) is 26.7 Å². The second kappa shape index (κ2) is 5.22. The Morgan fingerprint density at radius 2 is 1.63 bits per heavy atom. The SMILES string of the molecule is CCc1cc(-c2cccc(O)c2)c(CC)c(O)c1O. The van der Waals surface area contributed by atoms with E-state index in [2.05, 4.69) is 0 Å². The highest BCUT2D eigenvalue weighted by atomic mass is 16.3. The van der Waals surface area contributed by atoms with Crippen LogP contribution < -0.4 is 0 Å². The van der Waals surface area contributed by atoms with Gasteiger partial charge in [0.15, 0.2) is 11.5 Å². The van der Waals surface area contributed by atoms with Gasteiger partial charge >= 0.3 is 0 Å². The molecule has 2 rings (SSSR count). The number of hydrogen-bond acceptors (Lipinski definition) is 3.